The molecule has 2 aromatic heterocycles. The molecule has 2 rings (SSSR count). The highest BCUT2D eigenvalue weighted by Gasteiger charge is 2.27. The van der Waals surface area contributed by atoms with E-state index in [2.05, 4.69) is 15.4 Å². The number of pyridine rings is 1. The third kappa shape index (κ3) is 4.28. The van der Waals surface area contributed by atoms with Crippen LogP contribution in [0.15, 0.2) is 17.4 Å². The van der Waals surface area contributed by atoms with Crippen molar-refractivity contribution in [3.05, 3.63) is 18.0 Å². The Kier molecular flexibility index (Phi) is 5.17. The van der Waals surface area contributed by atoms with Crippen LogP contribution in [-0.4, -0.2) is 55.2 Å². The first-order valence-corrected chi connectivity index (χ1v) is 7.43. The number of carbonyl (C=O) groups is 2. The van der Waals surface area contributed by atoms with Gasteiger partial charge in [-0.2, -0.15) is 18.3 Å². The van der Waals surface area contributed by atoms with E-state index in [1.165, 1.54) is 0 Å². The zero-order valence-electron chi connectivity index (χ0n) is 11.9. The summed E-state index contributed by atoms with van der Waals surface area (Å²) in [5.74, 6) is -3.00. The molecular formula is C12H11F3N4O4S. The van der Waals surface area contributed by atoms with Crippen LogP contribution in [0.25, 0.3) is 5.65 Å². The highest BCUT2D eigenvalue weighted by Crippen LogP contribution is 2.31. The van der Waals surface area contributed by atoms with Crippen LogP contribution < -0.4 is 5.32 Å². The molecule has 2 heterocycles. The number of carboxylic acids is 1. The van der Waals surface area contributed by atoms with Gasteiger partial charge in [-0.15, -0.1) is 11.8 Å². The summed E-state index contributed by atoms with van der Waals surface area (Å²) < 4.78 is 37.7. The van der Waals surface area contributed by atoms with Crippen LogP contribution >= 0.6 is 11.8 Å². The number of aromatic nitrogens is 3. The molecule has 3 N–H and O–H groups in total. The van der Waals surface area contributed by atoms with E-state index in [-0.39, 0.29) is 22.0 Å². The SMILES string of the molecule is O=C(O)CNC(=O)c1c(O)cc(SCCC(F)(F)F)n2ncnc12. The second-order valence-electron chi connectivity index (χ2n) is 4.53. The number of aliphatic carboxylic acids is 1. The van der Waals surface area contributed by atoms with Crippen LogP contribution in [-0.2, 0) is 4.79 Å². The maximum atomic E-state index is 12.2. The average molecular weight is 364 g/mol. The van der Waals surface area contributed by atoms with E-state index in [0.29, 0.717) is 0 Å². The molecule has 0 fully saturated rings. The van der Waals surface area contributed by atoms with Gasteiger partial charge in [-0.25, -0.2) is 9.50 Å². The van der Waals surface area contributed by atoms with Crippen molar-refractivity contribution in [2.24, 2.45) is 0 Å². The fourth-order valence-corrected chi connectivity index (χ4v) is 2.77. The number of carbonyl (C=O) groups excluding carboxylic acids is 1. The molecule has 0 saturated carbocycles. The molecule has 0 aromatic carbocycles. The number of carboxylic acid groups (broad SMARTS) is 1. The predicted octanol–water partition coefficient (Wildman–Crippen LogP) is 1.29. The summed E-state index contributed by atoms with van der Waals surface area (Å²) in [7, 11) is 0. The van der Waals surface area contributed by atoms with Crippen LogP contribution in [0.3, 0.4) is 0 Å². The lowest BCUT2D eigenvalue weighted by Gasteiger charge is -2.10. The molecule has 0 unspecified atom stereocenters. The first-order chi connectivity index (χ1) is 11.2. The topological polar surface area (TPSA) is 117 Å². The van der Waals surface area contributed by atoms with E-state index in [0.717, 1.165) is 28.7 Å². The molecular weight excluding hydrogens is 353 g/mol. The van der Waals surface area contributed by atoms with Gasteiger partial charge in [0.05, 0.1) is 6.42 Å². The van der Waals surface area contributed by atoms with Crippen molar-refractivity contribution in [2.75, 3.05) is 12.3 Å². The second-order valence-corrected chi connectivity index (χ2v) is 5.64. The van der Waals surface area contributed by atoms with Crippen LogP contribution in [0.4, 0.5) is 13.2 Å². The first-order valence-electron chi connectivity index (χ1n) is 6.44. The number of fused-ring (bicyclic) bond motifs is 1. The third-order valence-corrected chi connectivity index (χ3v) is 3.75. The van der Waals surface area contributed by atoms with E-state index in [4.69, 9.17) is 5.11 Å². The van der Waals surface area contributed by atoms with Crippen molar-refractivity contribution in [1.82, 2.24) is 19.9 Å². The van der Waals surface area contributed by atoms with Gasteiger partial charge in [0.25, 0.3) is 5.91 Å². The van der Waals surface area contributed by atoms with Gasteiger partial charge >= 0.3 is 12.1 Å². The van der Waals surface area contributed by atoms with Gasteiger partial charge < -0.3 is 15.5 Å². The number of halogens is 3. The molecule has 8 nitrogen and oxygen atoms in total. The highest BCUT2D eigenvalue weighted by atomic mass is 32.2. The minimum absolute atomic E-state index is 0.0904. The second kappa shape index (κ2) is 6.95. The van der Waals surface area contributed by atoms with Crippen molar-refractivity contribution in [1.29, 1.82) is 0 Å². The Morgan fingerprint density at radius 1 is 1.38 bits per heavy atom. The molecule has 0 saturated heterocycles. The van der Waals surface area contributed by atoms with Crippen molar-refractivity contribution in [3.8, 4) is 5.75 Å². The average Bonchev–Trinajstić information content (AvgIpc) is 2.92. The molecule has 12 heteroatoms. The maximum absolute atomic E-state index is 12.2. The van der Waals surface area contributed by atoms with Gasteiger partial charge in [-0.1, -0.05) is 0 Å². The van der Waals surface area contributed by atoms with E-state index in [9.17, 15) is 27.9 Å². The highest BCUT2D eigenvalue weighted by molar-refractivity contribution is 7.99. The molecule has 0 radical (unpaired) electrons. The Balaban J connectivity index is 2.28. The number of rotatable bonds is 6. The molecule has 2 aromatic rings. The lowest BCUT2D eigenvalue weighted by Crippen LogP contribution is -2.29. The summed E-state index contributed by atoms with van der Waals surface area (Å²) in [5, 5.41) is 24.6. The Morgan fingerprint density at radius 2 is 2.08 bits per heavy atom. The van der Waals surface area contributed by atoms with Crippen LogP contribution in [0.2, 0.25) is 0 Å². The van der Waals surface area contributed by atoms with Gasteiger partial charge in [0.15, 0.2) is 5.65 Å². The molecule has 1 amide bonds. The van der Waals surface area contributed by atoms with E-state index in [1.54, 1.807) is 0 Å². The van der Waals surface area contributed by atoms with Crippen molar-refractivity contribution in [2.45, 2.75) is 17.6 Å². The maximum Gasteiger partial charge on any atom is 0.389 e. The van der Waals surface area contributed by atoms with E-state index >= 15 is 0 Å². The quantitative estimate of drug-likeness (QED) is 0.661. The summed E-state index contributed by atoms with van der Waals surface area (Å²) >= 11 is 0.789. The Hall–Kier alpha value is -2.50. The van der Waals surface area contributed by atoms with Gasteiger partial charge in [0.1, 0.15) is 29.2 Å². The summed E-state index contributed by atoms with van der Waals surface area (Å²) in [6.07, 6.45) is -4.28. The molecule has 0 bridgehead atoms. The zero-order valence-corrected chi connectivity index (χ0v) is 12.7. The lowest BCUT2D eigenvalue weighted by atomic mass is 10.2. The van der Waals surface area contributed by atoms with Gasteiger partial charge in [0.2, 0.25) is 0 Å². The van der Waals surface area contributed by atoms with Crippen molar-refractivity contribution >= 4 is 29.3 Å². The lowest BCUT2D eigenvalue weighted by molar-refractivity contribution is -0.135. The minimum Gasteiger partial charge on any atom is -0.507 e. The Labute approximate surface area is 136 Å². The predicted molar refractivity (Wildman–Crippen MR) is 76.0 cm³/mol. The van der Waals surface area contributed by atoms with Crippen molar-refractivity contribution < 1.29 is 33.0 Å². The standard InChI is InChI=1S/C12H11F3N4O4S/c13-12(14,15)1-2-24-7-3-6(20)9(10-17-5-18-19(7)10)11(23)16-4-8(21)22/h3,5,20H,1-2,4H2,(H,16,23)(H,21,22). The van der Waals surface area contributed by atoms with Crippen molar-refractivity contribution in [3.63, 3.8) is 0 Å². The number of hydrogen-bond acceptors (Lipinski definition) is 6. The third-order valence-electron chi connectivity index (χ3n) is 2.76. The zero-order chi connectivity index (χ0) is 17.9. The number of nitrogens with one attached hydrogen (secondary N) is 1. The molecule has 0 aliphatic rings. The Bertz CT molecular complexity index is 777. The van der Waals surface area contributed by atoms with Crippen LogP contribution in [0.5, 0.6) is 5.75 Å². The van der Waals surface area contributed by atoms with Crippen LogP contribution in [0, 0.1) is 0 Å². The summed E-state index contributed by atoms with van der Waals surface area (Å²) in [5.41, 5.74) is -0.402. The first kappa shape index (κ1) is 17.8. The number of thioether (sulfide) groups is 1. The number of alkyl halides is 3. The summed E-state index contributed by atoms with van der Waals surface area (Å²) in [4.78, 5) is 26.2. The fraction of sp³-hybridized carbons (Fsp3) is 0.333. The monoisotopic (exact) mass is 364 g/mol. The molecule has 24 heavy (non-hydrogen) atoms. The van der Waals surface area contributed by atoms with Gasteiger partial charge in [-0.3, -0.25) is 9.59 Å². The molecule has 0 atom stereocenters. The summed E-state index contributed by atoms with van der Waals surface area (Å²) in [6, 6.07) is 1.08. The summed E-state index contributed by atoms with van der Waals surface area (Å²) in [6.45, 7) is -0.666. The minimum atomic E-state index is -4.31. The van der Waals surface area contributed by atoms with E-state index < -0.39 is 36.8 Å². The number of amides is 1. The molecule has 0 aliphatic heterocycles. The number of aromatic hydroxyl groups is 1. The largest absolute Gasteiger partial charge is 0.507 e. The molecule has 130 valence electrons. The van der Waals surface area contributed by atoms with Gasteiger partial charge in [0, 0.05) is 11.8 Å². The molecule has 0 aliphatic carbocycles. The smallest absolute Gasteiger partial charge is 0.389 e. The fourth-order valence-electron chi connectivity index (χ4n) is 1.77. The molecule has 0 spiro atoms. The van der Waals surface area contributed by atoms with Gasteiger partial charge in [-0.05, 0) is 0 Å². The van der Waals surface area contributed by atoms with Crippen LogP contribution in [0.1, 0.15) is 16.8 Å². The van der Waals surface area contributed by atoms with E-state index in [1.807, 2.05) is 0 Å². The number of hydrogen-bond donors (Lipinski definition) is 3. The Morgan fingerprint density at radius 3 is 2.71 bits per heavy atom. The normalized spacial score (nSPS) is 11.6. The number of nitrogens with zero attached hydrogens (tertiary/aromatic N) is 3.